The van der Waals surface area contributed by atoms with E-state index in [1.54, 1.807) is 0 Å². The van der Waals surface area contributed by atoms with Crippen molar-refractivity contribution in [2.24, 2.45) is 5.92 Å². The minimum Gasteiger partial charge on any atom is -0.520 e. The summed E-state index contributed by atoms with van der Waals surface area (Å²) in [6.07, 6.45) is 2.05. The van der Waals surface area contributed by atoms with Crippen molar-refractivity contribution in [2.45, 2.75) is 26.6 Å². The summed E-state index contributed by atoms with van der Waals surface area (Å²) >= 11 is 0. The normalized spacial score (nSPS) is 24.4. The summed E-state index contributed by atoms with van der Waals surface area (Å²) in [7, 11) is -1.45. The van der Waals surface area contributed by atoms with Gasteiger partial charge in [0.15, 0.2) is 0 Å². The lowest BCUT2D eigenvalue weighted by atomic mass is 10.2. The Morgan fingerprint density at radius 2 is 2.18 bits per heavy atom. The molecule has 0 spiro atoms. The van der Waals surface area contributed by atoms with E-state index in [1.165, 1.54) is 0 Å². The van der Waals surface area contributed by atoms with Crippen LogP contribution < -0.4 is 0 Å². The predicted molar refractivity (Wildman–Crippen MR) is 47.6 cm³/mol. The molecule has 1 aliphatic heterocycles. The third-order valence-corrected chi connectivity index (χ3v) is 2.13. The second kappa shape index (κ2) is 2.89. The van der Waals surface area contributed by atoms with Crippen LogP contribution in [0.1, 0.15) is 6.92 Å². The largest absolute Gasteiger partial charge is 0.520 e. The second-order valence-corrected chi connectivity index (χ2v) is 8.42. The van der Waals surface area contributed by atoms with Gasteiger partial charge in [-0.2, -0.15) is 0 Å². The third-order valence-electron chi connectivity index (χ3n) is 1.32. The van der Waals surface area contributed by atoms with Crippen LogP contribution in [0.4, 0.5) is 0 Å². The van der Waals surface area contributed by atoms with Crippen LogP contribution in [0.2, 0.25) is 19.6 Å². The Bertz CT molecular complexity index is 169. The van der Waals surface area contributed by atoms with Gasteiger partial charge in [-0.25, -0.2) is 0 Å². The molecule has 0 aromatic carbocycles. The second-order valence-electron chi connectivity index (χ2n) is 3.99. The lowest BCUT2D eigenvalue weighted by Crippen LogP contribution is -2.24. The summed E-state index contributed by atoms with van der Waals surface area (Å²) in [5.41, 5.74) is 0. The highest BCUT2D eigenvalue weighted by Crippen LogP contribution is 2.20. The maximum atomic E-state index is 5.65. The summed E-state index contributed by atoms with van der Waals surface area (Å²) in [5, 5.41) is 0. The first kappa shape index (κ1) is 8.65. The minimum atomic E-state index is -1.45. The first-order chi connectivity index (χ1) is 4.97. The summed E-state index contributed by atoms with van der Waals surface area (Å²) < 4.78 is 11.0. The van der Waals surface area contributed by atoms with Gasteiger partial charge in [0, 0.05) is 12.0 Å². The van der Waals surface area contributed by atoms with E-state index in [4.69, 9.17) is 9.16 Å². The van der Waals surface area contributed by atoms with Gasteiger partial charge in [-0.15, -0.1) is 0 Å². The van der Waals surface area contributed by atoms with Gasteiger partial charge in [0.1, 0.15) is 0 Å². The SMILES string of the molecule is CC1C=C(O[Si](C)(C)C)OC1. The third kappa shape index (κ3) is 2.97. The molecule has 3 heteroatoms. The Morgan fingerprint density at radius 1 is 1.55 bits per heavy atom. The van der Waals surface area contributed by atoms with Crippen LogP contribution in [-0.4, -0.2) is 14.9 Å². The van der Waals surface area contributed by atoms with E-state index in [2.05, 4.69) is 32.6 Å². The number of ether oxygens (including phenoxy) is 1. The van der Waals surface area contributed by atoms with E-state index in [0.717, 1.165) is 12.6 Å². The van der Waals surface area contributed by atoms with Gasteiger partial charge in [-0.3, -0.25) is 0 Å². The Hall–Kier alpha value is -0.443. The van der Waals surface area contributed by atoms with Crippen molar-refractivity contribution in [3.05, 3.63) is 12.0 Å². The van der Waals surface area contributed by atoms with Gasteiger partial charge >= 0.3 is 0 Å². The van der Waals surface area contributed by atoms with E-state index in [9.17, 15) is 0 Å². The molecule has 1 atom stereocenters. The average molecular weight is 172 g/mol. The molecule has 0 N–H and O–H groups in total. The molecule has 0 bridgehead atoms. The molecule has 1 unspecified atom stereocenters. The fourth-order valence-corrected chi connectivity index (χ4v) is 1.64. The molecule has 1 rings (SSSR count). The molecule has 0 aromatic rings. The maximum Gasteiger partial charge on any atom is 0.261 e. The Morgan fingerprint density at radius 3 is 2.55 bits per heavy atom. The van der Waals surface area contributed by atoms with Crippen molar-refractivity contribution < 1.29 is 9.16 Å². The van der Waals surface area contributed by atoms with Crippen LogP contribution in [0.25, 0.3) is 0 Å². The Labute approximate surface area is 69.3 Å². The van der Waals surface area contributed by atoms with Crippen molar-refractivity contribution >= 4 is 8.32 Å². The van der Waals surface area contributed by atoms with Gasteiger partial charge in [0.05, 0.1) is 6.61 Å². The molecule has 0 radical (unpaired) electrons. The molecule has 1 aliphatic rings. The molecular formula is C8H16O2Si. The first-order valence-electron chi connectivity index (χ1n) is 4.01. The standard InChI is InChI=1S/C8H16O2Si/c1-7-5-8(9-6-7)10-11(2,3)4/h5,7H,6H2,1-4H3. The van der Waals surface area contributed by atoms with Crippen LogP contribution in [0.3, 0.4) is 0 Å². The van der Waals surface area contributed by atoms with Crippen molar-refractivity contribution in [1.82, 2.24) is 0 Å². The van der Waals surface area contributed by atoms with Crippen molar-refractivity contribution in [2.75, 3.05) is 6.61 Å². The van der Waals surface area contributed by atoms with E-state index in [1.807, 2.05) is 0 Å². The summed E-state index contributed by atoms with van der Waals surface area (Å²) in [5.74, 6) is 1.26. The van der Waals surface area contributed by atoms with Crippen LogP contribution in [-0.2, 0) is 9.16 Å². The number of rotatable bonds is 2. The van der Waals surface area contributed by atoms with E-state index in [0.29, 0.717) is 5.92 Å². The number of hydrogen-bond donors (Lipinski definition) is 0. The highest BCUT2D eigenvalue weighted by atomic mass is 28.4. The van der Waals surface area contributed by atoms with Gasteiger partial charge in [-0.1, -0.05) is 6.92 Å². The van der Waals surface area contributed by atoms with Gasteiger partial charge in [0.25, 0.3) is 5.95 Å². The lowest BCUT2D eigenvalue weighted by Gasteiger charge is -2.18. The summed E-state index contributed by atoms with van der Waals surface area (Å²) in [4.78, 5) is 0. The smallest absolute Gasteiger partial charge is 0.261 e. The van der Waals surface area contributed by atoms with Crippen LogP contribution >= 0.6 is 0 Å². The highest BCUT2D eigenvalue weighted by Gasteiger charge is 2.22. The zero-order valence-electron chi connectivity index (χ0n) is 7.68. The maximum absolute atomic E-state index is 5.65. The highest BCUT2D eigenvalue weighted by molar-refractivity contribution is 6.69. The molecule has 0 fully saturated rings. The minimum absolute atomic E-state index is 0.515. The summed E-state index contributed by atoms with van der Waals surface area (Å²) in [6.45, 7) is 9.36. The predicted octanol–water partition coefficient (Wildman–Crippen LogP) is 2.35. The molecular weight excluding hydrogens is 156 g/mol. The molecule has 0 aromatic heterocycles. The monoisotopic (exact) mass is 172 g/mol. The van der Waals surface area contributed by atoms with E-state index < -0.39 is 8.32 Å². The summed E-state index contributed by atoms with van der Waals surface area (Å²) in [6, 6.07) is 0. The molecule has 0 saturated heterocycles. The Balaban J connectivity index is 2.45. The zero-order valence-corrected chi connectivity index (χ0v) is 8.68. The number of hydrogen-bond acceptors (Lipinski definition) is 2. The van der Waals surface area contributed by atoms with Crippen LogP contribution in [0, 0.1) is 5.92 Å². The Kier molecular flexibility index (Phi) is 2.27. The zero-order chi connectivity index (χ0) is 8.48. The van der Waals surface area contributed by atoms with Gasteiger partial charge in [-0.05, 0) is 19.6 Å². The van der Waals surface area contributed by atoms with Crippen LogP contribution in [0.15, 0.2) is 12.0 Å². The fraction of sp³-hybridized carbons (Fsp3) is 0.750. The molecule has 0 aliphatic carbocycles. The topological polar surface area (TPSA) is 18.5 Å². The van der Waals surface area contributed by atoms with Gasteiger partial charge in [0.2, 0.25) is 8.32 Å². The lowest BCUT2D eigenvalue weighted by molar-refractivity contribution is 0.119. The average Bonchev–Trinajstić information content (AvgIpc) is 2.10. The van der Waals surface area contributed by atoms with Crippen molar-refractivity contribution in [3.63, 3.8) is 0 Å². The molecule has 2 nitrogen and oxygen atoms in total. The quantitative estimate of drug-likeness (QED) is 0.595. The van der Waals surface area contributed by atoms with E-state index >= 15 is 0 Å². The van der Waals surface area contributed by atoms with Gasteiger partial charge < -0.3 is 9.16 Å². The molecule has 1 heterocycles. The molecule has 11 heavy (non-hydrogen) atoms. The van der Waals surface area contributed by atoms with Crippen LogP contribution in [0.5, 0.6) is 0 Å². The molecule has 64 valence electrons. The first-order valence-corrected chi connectivity index (χ1v) is 7.42. The molecule has 0 amide bonds. The molecule has 0 saturated carbocycles. The van der Waals surface area contributed by atoms with Crippen molar-refractivity contribution in [3.8, 4) is 0 Å². The van der Waals surface area contributed by atoms with Crippen molar-refractivity contribution in [1.29, 1.82) is 0 Å². The fourth-order valence-electron chi connectivity index (χ4n) is 0.907. The van der Waals surface area contributed by atoms with E-state index in [-0.39, 0.29) is 0 Å².